The molecule has 1 aromatic carbocycles. The Balaban J connectivity index is 1.57. The van der Waals surface area contributed by atoms with Crippen LogP contribution in [0, 0.1) is 18.8 Å². The maximum Gasteiger partial charge on any atom is 0.0916 e. The summed E-state index contributed by atoms with van der Waals surface area (Å²) in [5.74, 6) is 1.81. The van der Waals surface area contributed by atoms with E-state index in [9.17, 15) is 5.11 Å². The molecule has 1 aromatic rings. The summed E-state index contributed by atoms with van der Waals surface area (Å²) in [6.07, 6.45) is 5.23. The number of benzene rings is 1. The maximum absolute atomic E-state index is 10.4. The van der Waals surface area contributed by atoms with Gasteiger partial charge in [-0.15, -0.1) is 0 Å². The molecule has 2 saturated carbocycles. The minimum absolute atomic E-state index is 0.335. The summed E-state index contributed by atoms with van der Waals surface area (Å²) in [6.45, 7) is 5.28. The second-order valence-corrected chi connectivity index (χ2v) is 6.53. The number of hydrogen-bond acceptors (Lipinski definition) is 2. The van der Waals surface area contributed by atoms with Gasteiger partial charge < -0.3 is 5.11 Å². The first-order valence-corrected chi connectivity index (χ1v) is 7.67. The zero-order valence-electron chi connectivity index (χ0n) is 11.9. The van der Waals surface area contributed by atoms with Gasteiger partial charge in [-0.25, -0.2) is 0 Å². The SMILES string of the molecule is Cc1ccc(C(O)CN(CC2CC2)CC2CC2)cc1. The van der Waals surface area contributed by atoms with Crippen molar-refractivity contribution in [3.63, 3.8) is 0 Å². The van der Waals surface area contributed by atoms with Gasteiger partial charge in [0.2, 0.25) is 0 Å². The van der Waals surface area contributed by atoms with Crippen molar-refractivity contribution in [2.45, 2.75) is 38.7 Å². The molecule has 0 bridgehead atoms. The Hall–Kier alpha value is -0.860. The monoisotopic (exact) mass is 259 g/mol. The molecule has 2 nitrogen and oxygen atoms in total. The average Bonchev–Trinajstić information content (AvgIpc) is 3.26. The van der Waals surface area contributed by atoms with Gasteiger partial charge in [-0.05, 0) is 50.0 Å². The van der Waals surface area contributed by atoms with E-state index < -0.39 is 0 Å². The van der Waals surface area contributed by atoms with E-state index >= 15 is 0 Å². The molecule has 2 aliphatic rings. The molecule has 0 aliphatic heterocycles. The summed E-state index contributed by atoms with van der Waals surface area (Å²) in [4.78, 5) is 2.50. The van der Waals surface area contributed by atoms with E-state index in [1.54, 1.807) is 0 Å². The largest absolute Gasteiger partial charge is 0.387 e. The van der Waals surface area contributed by atoms with Crippen molar-refractivity contribution >= 4 is 0 Å². The number of hydrogen-bond donors (Lipinski definition) is 1. The third kappa shape index (κ3) is 4.05. The van der Waals surface area contributed by atoms with E-state index in [0.29, 0.717) is 0 Å². The van der Waals surface area contributed by atoms with Crippen LogP contribution in [0.3, 0.4) is 0 Å². The number of aryl methyl sites for hydroxylation is 1. The Morgan fingerprint density at radius 3 is 2.05 bits per heavy atom. The Bertz CT molecular complexity index is 392. The summed E-state index contributed by atoms with van der Waals surface area (Å²) in [7, 11) is 0. The minimum Gasteiger partial charge on any atom is -0.387 e. The van der Waals surface area contributed by atoms with Crippen molar-refractivity contribution in [1.82, 2.24) is 4.90 Å². The van der Waals surface area contributed by atoms with E-state index in [1.165, 1.54) is 44.3 Å². The van der Waals surface area contributed by atoms with Gasteiger partial charge in [0.1, 0.15) is 0 Å². The van der Waals surface area contributed by atoms with Gasteiger partial charge in [0, 0.05) is 19.6 Å². The molecule has 2 fully saturated rings. The second-order valence-electron chi connectivity index (χ2n) is 6.53. The summed E-state index contributed by atoms with van der Waals surface area (Å²) < 4.78 is 0. The standard InChI is InChI=1S/C17H25NO/c1-13-2-8-16(9-3-13)17(19)12-18(10-14-4-5-14)11-15-6-7-15/h2-3,8-9,14-15,17,19H,4-7,10-12H2,1H3. The highest BCUT2D eigenvalue weighted by molar-refractivity contribution is 5.23. The Morgan fingerprint density at radius 2 is 1.58 bits per heavy atom. The predicted molar refractivity (Wildman–Crippen MR) is 78.0 cm³/mol. The fraction of sp³-hybridized carbons (Fsp3) is 0.647. The first-order chi connectivity index (χ1) is 9.20. The van der Waals surface area contributed by atoms with Crippen LogP contribution in [0.4, 0.5) is 0 Å². The summed E-state index contributed by atoms with van der Waals surface area (Å²) in [5.41, 5.74) is 2.31. The second kappa shape index (κ2) is 5.64. The molecule has 0 amide bonds. The lowest BCUT2D eigenvalue weighted by molar-refractivity contribution is 0.107. The smallest absolute Gasteiger partial charge is 0.0916 e. The molecule has 0 saturated heterocycles. The third-order valence-corrected chi connectivity index (χ3v) is 4.32. The highest BCUT2D eigenvalue weighted by Gasteiger charge is 2.30. The quantitative estimate of drug-likeness (QED) is 0.813. The molecule has 0 spiro atoms. The van der Waals surface area contributed by atoms with Crippen LogP contribution >= 0.6 is 0 Å². The number of aliphatic hydroxyl groups is 1. The van der Waals surface area contributed by atoms with E-state index in [4.69, 9.17) is 0 Å². The van der Waals surface area contributed by atoms with Crippen molar-refractivity contribution in [1.29, 1.82) is 0 Å². The van der Waals surface area contributed by atoms with E-state index in [-0.39, 0.29) is 6.10 Å². The normalized spacial score (nSPS) is 20.8. The fourth-order valence-electron chi connectivity index (χ4n) is 2.69. The van der Waals surface area contributed by atoms with Gasteiger partial charge in [-0.3, -0.25) is 4.90 Å². The highest BCUT2D eigenvalue weighted by Crippen LogP contribution is 2.34. The van der Waals surface area contributed by atoms with Crippen molar-refractivity contribution < 1.29 is 5.11 Å². The number of rotatable bonds is 7. The van der Waals surface area contributed by atoms with Gasteiger partial charge in [-0.1, -0.05) is 29.8 Å². The van der Waals surface area contributed by atoms with Crippen LogP contribution in [-0.4, -0.2) is 29.6 Å². The van der Waals surface area contributed by atoms with E-state index in [1.807, 2.05) is 0 Å². The molecule has 104 valence electrons. The first-order valence-electron chi connectivity index (χ1n) is 7.67. The molecule has 1 N–H and O–H groups in total. The number of nitrogens with zero attached hydrogens (tertiary/aromatic N) is 1. The molecule has 19 heavy (non-hydrogen) atoms. The topological polar surface area (TPSA) is 23.5 Å². The van der Waals surface area contributed by atoms with Crippen LogP contribution < -0.4 is 0 Å². The van der Waals surface area contributed by atoms with E-state index in [0.717, 1.165) is 23.9 Å². The highest BCUT2D eigenvalue weighted by atomic mass is 16.3. The van der Waals surface area contributed by atoms with Crippen LogP contribution in [-0.2, 0) is 0 Å². The van der Waals surface area contributed by atoms with Crippen LogP contribution in [0.25, 0.3) is 0 Å². The molecule has 0 heterocycles. The Kier molecular flexibility index (Phi) is 3.90. The number of aliphatic hydroxyl groups excluding tert-OH is 1. The lowest BCUT2D eigenvalue weighted by Crippen LogP contribution is -2.32. The van der Waals surface area contributed by atoms with Gasteiger partial charge in [0.05, 0.1) is 6.10 Å². The van der Waals surface area contributed by atoms with E-state index in [2.05, 4.69) is 36.1 Å². The minimum atomic E-state index is -0.335. The fourth-order valence-corrected chi connectivity index (χ4v) is 2.69. The van der Waals surface area contributed by atoms with Gasteiger partial charge >= 0.3 is 0 Å². The van der Waals surface area contributed by atoms with Crippen LogP contribution in [0.2, 0.25) is 0 Å². The van der Waals surface area contributed by atoms with Crippen molar-refractivity contribution in [3.8, 4) is 0 Å². The maximum atomic E-state index is 10.4. The molecular weight excluding hydrogens is 234 g/mol. The van der Waals surface area contributed by atoms with Crippen molar-refractivity contribution in [3.05, 3.63) is 35.4 Å². The molecule has 1 unspecified atom stereocenters. The molecular formula is C17H25NO. The van der Waals surface area contributed by atoms with Crippen LogP contribution in [0.1, 0.15) is 42.9 Å². The van der Waals surface area contributed by atoms with Gasteiger partial charge in [-0.2, -0.15) is 0 Å². The molecule has 3 rings (SSSR count). The Morgan fingerprint density at radius 1 is 1.05 bits per heavy atom. The van der Waals surface area contributed by atoms with Crippen LogP contribution in [0.15, 0.2) is 24.3 Å². The van der Waals surface area contributed by atoms with Crippen molar-refractivity contribution in [2.24, 2.45) is 11.8 Å². The van der Waals surface area contributed by atoms with Gasteiger partial charge in [0.15, 0.2) is 0 Å². The third-order valence-electron chi connectivity index (χ3n) is 4.32. The van der Waals surface area contributed by atoms with Crippen molar-refractivity contribution in [2.75, 3.05) is 19.6 Å². The lowest BCUT2D eigenvalue weighted by Gasteiger charge is -2.25. The lowest BCUT2D eigenvalue weighted by atomic mass is 10.1. The summed E-state index contributed by atoms with van der Waals surface area (Å²) in [6, 6.07) is 8.30. The molecule has 0 aromatic heterocycles. The molecule has 0 radical (unpaired) electrons. The summed E-state index contributed by atoms with van der Waals surface area (Å²) >= 11 is 0. The van der Waals surface area contributed by atoms with Crippen LogP contribution in [0.5, 0.6) is 0 Å². The predicted octanol–water partition coefficient (Wildman–Crippen LogP) is 3.15. The zero-order valence-corrected chi connectivity index (χ0v) is 11.9. The van der Waals surface area contributed by atoms with Gasteiger partial charge in [0.25, 0.3) is 0 Å². The molecule has 1 atom stereocenters. The average molecular weight is 259 g/mol. The first kappa shape index (κ1) is 13.1. The molecule has 2 aliphatic carbocycles. The summed E-state index contributed by atoms with van der Waals surface area (Å²) in [5, 5.41) is 10.4. The zero-order chi connectivity index (χ0) is 13.2. The molecule has 2 heteroatoms. The Labute approximate surface area is 116 Å².